The van der Waals surface area contributed by atoms with Gasteiger partial charge in [-0.15, -0.1) is 11.3 Å². The summed E-state index contributed by atoms with van der Waals surface area (Å²) in [6.07, 6.45) is -1.06. The van der Waals surface area contributed by atoms with E-state index in [1.165, 1.54) is 23.5 Å². The number of thiazole rings is 1. The molecule has 6 rings (SSSR count). The summed E-state index contributed by atoms with van der Waals surface area (Å²) < 4.78 is 54.2. The number of imidazole rings is 1. The lowest BCUT2D eigenvalue weighted by Crippen LogP contribution is -2.37. The van der Waals surface area contributed by atoms with Crippen LogP contribution < -0.4 is 20.3 Å². The van der Waals surface area contributed by atoms with Crippen LogP contribution >= 0.6 is 11.3 Å². The first kappa shape index (κ1) is 29.4. The predicted molar refractivity (Wildman–Crippen MR) is 161 cm³/mol. The number of benzene rings is 2. The fourth-order valence-corrected chi connectivity index (χ4v) is 5.73. The quantitative estimate of drug-likeness (QED) is 0.215. The molecule has 14 heteroatoms. The lowest BCUT2D eigenvalue weighted by molar-refractivity contribution is -0.137. The first-order chi connectivity index (χ1) is 21.3. The van der Waals surface area contributed by atoms with E-state index in [9.17, 15) is 18.0 Å². The monoisotopic (exact) mass is 623 g/mol. The summed E-state index contributed by atoms with van der Waals surface area (Å²) in [5.41, 5.74) is 2.16. The molecule has 2 N–H and O–H groups in total. The van der Waals surface area contributed by atoms with Crippen molar-refractivity contribution in [2.75, 3.05) is 56.7 Å². The third kappa shape index (κ3) is 6.17. The fourth-order valence-electron chi connectivity index (χ4n) is 5.01. The van der Waals surface area contributed by atoms with Crippen molar-refractivity contribution in [3.63, 3.8) is 0 Å². The van der Waals surface area contributed by atoms with Gasteiger partial charge in [-0.25, -0.2) is 15.0 Å². The SMILES string of the molecule is COc1cccc(-c2nc3sccn3c2-c2ccnc(NCCNC(=O)c3ccc(N4CCOCC4)c(C(F)(F)F)c3)n2)c1. The van der Waals surface area contributed by atoms with Gasteiger partial charge in [0.2, 0.25) is 5.95 Å². The maximum absolute atomic E-state index is 13.9. The Hall–Kier alpha value is -4.69. The van der Waals surface area contributed by atoms with Gasteiger partial charge in [0.25, 0.3) is 5.91 Å². The van der Waals surface area contributed by atoms with Gasteiger partial charge in [-0.3, -0.25) is 9.20 Å². The second kappa shape index (κ2) is 12.5. The standard InChI is InChI=1S/C30H28F3N7O3S/c1-42-21-4-2-3-19(17-21)25-26(40-13-16-44-29(40)38-25)23-7-8-35-28(37-23)36-10-9-34-27(41)20-5-6-24(22(18-20)30(31,32)33)39-11-14-43-15-12-39/h2-8,13,16-18H,9-12,14-15H2,1H3,(H,34,41)(H,35,36,37). The number of halogens is 3. The Balaban J connectivity index is 1.14. The van der Waals surface area contributed by atoms with E-state index in [0.29, 0.717) is 43.7 Å². The third-order valence-electron chi connectivity index (χ3n) is 7.11. The molecule has 1 aliphatic rings. The van der Waals surface area contributed by atoms with E-state index < -0.39 is 17.6 Å². The van der Waals surface area contributed by atoms with Crippen molar-refractivity contribution in [3.8, 4) is 28.4 Å². The zero-order valence-electron chi connectivity index (χ0n) is 23.6. The van der Waals surface area contributed by atoms with Crippen molar-refractivity contribution in [2.45, 2.75) is 6.18 Å². The van der Waals surface area contributed by atoms with Crippen molar-refractivity contribution in [3.05, 3.63) is 77.4 Å². The number of morpholine rings is 1. The number of aromatic nitrogens is 4. The number of fused-ring (bicyclic) bond motifs is 1. The summed E-state index contributed by atoms with van der Waals surface area (Å²) in [6, 6.07) is 13.1. The number of hydrogen-bond donors (Lipinski definition) is 2. The minimum atomic E-state index is -4.61. The normalized spacial score (nSPS) is 13.7. The number of ether oxygens (including phenoxy) is 2. The lowest BCUT2D eigenvalue weighted by atomic mass is 10.1. The molecule has 10 nitrogen and oxygen atoms in total. The lowest BCUT2D eigenvalue weighted by Gasteiger charge is -2.31. The third-order valence-corrected chi connectivity index (χ3v) is 7.87. The second-order valence-electron chi connectivity index (χ2n) is 9.87. The number of methoxy groups -OCH3 is 1. The zero-order valence-corrected chi connectivity index (χ0v) is 24.4. The van der Waals surface area contributed by atoms with Crippen LogP contribution in [0.15, 0.2) is 66.3 Å². The molecule has 2 aromatic carbocycles. The second-order valence-corrected chi connectivity index (χ2v) is 10.7. The molecule has 0 spiro atoms. The number of carbonyl (C=O) groups is 1. The molecule has 44 heavy (non-hydrogen) atoms. The molecule has 0 aliphatic carbocycles. The Labute approximate surface area is 254 Å². The number of hydrogen-bond acceptors (Lipinski definition) is 9. The highest BCUT2D eigenvalue weighted by Crippen LogP contribution is 2.38. The van der Waals surface area contributed by atoms with Crippen LogP contribution in [0.1, 0.15) is 15.9 Å². The number of anilines is 2. The molecule has 1 saturated heterocycles. The summed E-state index contributed by atoms with van der Waals surface area (Å²) in [4.78, 5) is 29.0. The highest BCUT2D eigenvalue weighted by Gasteiger charge is 2.36. The van der Waals surface area contributed by atoms with Crippen LogP contribution in [0, 0.1) is 0 Å². The number of amides is 1. The predicted octanol–water partition coefficient (Wildman–Crippen LogP) is 5.23. The number of carbonyl (C=O) groups excluding carboxylic acids is 1. The van der Waals surface area contributed by atoms with Crippen LogP contribution in [-0.2, 0) is 10.9 Å². The minimum absolute atomic E-state index is 0.0449. The van der Waals surface area contributed by atoms with E-state index in [-0.39, 0.29) is 24.3 Å². The number of rotatable bonds is 9. The summed E-state index contributed by atoms with van der Waals surface area (Å²) in [5, 5.41) is 7.69. The molecule has 0 unspecified atom stereocenters. The van der Waals surface area contributed by atoms with Gasteiger partial charge in [-0.05, 0) is 36.4 Å². The van der Waals surface area contributed by atoms with Gasteiger partial charge in [0, 0.05) is 60.8 Å². The first-order valence-corrected chi connectivity index (χ1v) is 14.7. The van der Waals surface area contributed by atoms with E-state index in [1.54, 1.807) is 24.3 Å². The molecular formula is C30H28F3N7O3S. The van der Waals surface area contributed by atoms with Gasteiger partial charge in [0.05, 0.1) is 37.3 Å². The fraction of sp³-hybridized carbons (Fsp3) is 0.267. The minimum Gasteiger partial charge on any atom is -0.497 e. The Morgan fingerprint density at radius 1 is 1.09 bits per heavy atom. The molecule has 0 bridgehead atoms. The smallest absolute Gasteiger partial charge is 0.418 e. The van der Waals surface area contributed by atoms with Crippen LogP contribution in [0.2, 0.25) is 0 Å². The van der Waals surface area contributed by atoms with Crippen LogP contribution in [-0.4, -0.2) is 71.8 Å². The molecule has 1 fully saturated rings. The Kier molecular flexibility index (Phi) is 8.35. The molecule has 1 aliphatic heterocycles. The summed E-state index contributed by atoms with van der Waals surface area (Å²) in [7, 11) is 1.61. The van der Waals surface area contributed by atoms with Crippen molar-refractivity contribution in [1.82, 2.24) is 24.7 Å². The number of nitrogens with zero attached hydrogens (tertiary/aromatic N) is 5. The molecule has 3 aromatic heterocycles. The largest absolute Gasteiger partial charge is 0.497 e. The zero-order chi connectivity index (χ0) is 30.7. The van der Waals surface area contributed by atoms with Crippen LogP contribution in [0.5, 0.6) is 5.75 Å². The van der Waals surface area contributed by atoms with E-state index >= 15 is 0 Å². The topological polar surface area (TPSA) is 106 Å². The van der Waals surface area contributed by atoms with Crippen molar-refractivity contribution in [1.29, 1.82) is 0 Å². The summed E-state index contributed by atoms with van der Waals surface area (Å²) in [5.74, 6) is 0.426. The average Bonchev–Trinajstić information content (AvgIpc) is 3.65. The van der Waals surface area contributed by atoms with Crippen LogP contribution in [0.4, 0.5) is 24.8 Å². The average molecular weight is 624 g/mol. The van der Waals surface area contributed by atoms with Crippen molar-refractivity contribution < 1.29 is 27.4 Å². The van der Waals surface area contributed by atoms with Gasteiger partial charge in [0.15, 0.2) is 4.96 Å². The van der Waals surface area contributed by atoms with Crippen molar-refractivity contribution in [2.24, 2.45) is 0 Å². The molecule has 228 valence electrons. The molecule has 4 heterocycles. The Bertz CT molecular complexity index is 1780. The summed E-state index contributed by atoms with van der Waals surface area (Å²) >= 11 is 1.51. The molecule has 1 amide bonds. The maximum Gasteiger partial charge on any atom is 0.418 e. The van der Waals surface area contributed by atoms with Crippen LogP contribution in [0.3, 0.4) is 0 Å². The van der Waals surface area contributed by atoms with E-state index in [4.69, 9.17) is 14.5 Å². The first-order valence-electron chi connectivity index (χ1n) is 13.8. The van der Waals surface area contributed by atoms with E-state index in [1.807, 2.05) is 40.2 Å². The van der Waals surface area contributed by atoms with Crippen LogP contribution in [0.25, 0.3) is 27.6 Å². The highest BCUT2D eigenvalue weighted by atomic mass is 32.1. The molecule has 0 saturated carbocycles. The number of alkyl halides is 3. The van der Waals surface area contributed by atoms with E-state index in [2.05, 4.69) is 20.6 Å². The van der Waals surface area contributed by atoms with Gasteiger partial charge >= 0.3 is 6.18 Å². The molecule has 0 radical (unpaired) electrons. The molecule has 5 aromatic rings. The van der Waals surface area contributed by atoms with Gasteiger partial charge in [0.1, 0.15) is 11.4 Å². The maximum atomic E-state index is 13.9. The van der Waals surface area contributed by atoms with Gasteiger partial charge < -0.3 is 25.0 Å². The Morgan fingerprint density at radius 2 is 1.93 bits per heavy atom. The number of nitrogens with one attached hydrogen (secondary N) is 2. The van der Waals surface area contributed by atoms with Crippen molar-refractivity contribution >= 4 is 33.8 Å². The van der Waals surface area contributed by atoms with Gasteiger partial charge in [-0.2, -0.15) is 13.2 Å². The van der Waals surface area contributed by atoms with E-state index in [0.717, 1.165) is 28.0 Å². The Morgan fingerprint density at radius 3 is 2.73 bits per heavy atom. The highest BCUT2D eigenvalue weighted by molar-refractivity contribution is 7.15. The summed E-state index contributed by atoms with van der Waals surface area (Å²) in [6.45, 7) is 1.79. The van der Waals surface area contributed by atoms with Gasteiger partial charge in [-0.1, -0.05) is 12.1 Å². The molecular weight excluding hydrogens is 595 g/mol. The molecule has 0 atom stereocenters.